The zero-order chi connectivity index (χ0) is 8.10. The van der Waals surface area contributed by atoms with Crippen molar-refractivity contribution in [1.82, 2.24) is 0 Å². The Balaban J connectivity index is 2.36. The van der Waals surface area contributed by atoms with Crippen molar-refractivity contribution in [2.75, 3.05) is 13.2 Å². The molecule has 2 unspecified atom stereocenters. The van der Waals surface area contributed by atoms with Crippen LogP contribution in [0.5, 0.6) is 0 Å². The highest BCUT2D eigenvalue weighted by molar-refractivity contribution is 5.52. The van der Waals surface area contributed by atoms with Gasteiger partial charge in [0.05, 0.1) is 13.2 Å². The molecule has 1 aliphatic rings. The number of rotatable bonds is 4. The molecule has 0 aromatic carbocycles. The molecule has 0 N–H and O–H groups in total. The lowest BCUT2D eigenvalue weighted by Crippen LogP contribution is -2.13. The number of ether oxygens (including phenoxy) is 1. The molecule has 0 spiro atoms. The second kappa shape index (κ2) is 4.23. The van der Waals surface area contributed by atoms with Crippen LogP contribution in [0.2, 0.25) is 0 Å². The van der Waals surface area contributed by atoms with E-state index >= 15 is 0 Å². The Hall–Kier alpha value is -0.700. The molecular formula is C8H12O3. The lowest BCUT2D eigenvalue weighted by Gasteiger charge is -2.10. The summed E-state index contributed by atoms with van der Waals surface area (Å²) in [6.45, 7) is 1.27. The molecular weight excluding hydrogens is 144 g/mol. The standard InChI is InChI=1S/C8H12O3/c9-3-1-7-5-11-6-8(7)2-4-10/h3-4,7-8H,1-2,5-6H2. The van der Waals surface area contributed by atoms with Crippen LogP contribution in [0, 0.1) is 11.8 Å². The van der Waals surface area contributed by atoms with Crippen molar-refractivity contribution >= 4 is 12.6 Å². The molecule has 2 atom stereocenters. The van der Waals surface area contributed by atoms with Crippen molar-refractivity contribution in [3.05, 3.63) is 0 Å². The van der Waals surface area contributed by atoms with Gasteiger partial charge in [-0.1, -0.05) is 0 Å². The first-order chi connectivity index (χ1) is 5.38. The lowest BCUT2D eigenvalue weighted by molar-refractivity contribution is -0.110. The van der Waals surface area contributed by atoms with Crippen molar-refractivity contribution in [2.24, 2.45) is 11.8 Å². The summed E-state index contributed by atoms with van der Waals surface area (Å²) in [4.78, 5) is 20.3. The first-order valence-electron chi connectivity index (χ1n) is 3.83. The summed E-state index contributed by atoms with van der Waals surface area (Å²) in [5.74, 6) is 0.551. The van der Waals surface area contributed by atoms with Gasteiger partial charge in [-0.25, -0.2) is 0 Å². The van der Waals surface area contributed by atoms with E-state index in [0.29, 0.717) is 26.1 Å². The molecule has 0 aliphatic carbocycles. The highest BCUT2D eigenvalue weighted by Gasteiger charge is 2.26. The van der Waals surface area contributed by atoms with Crippen LogP contribution in [0.3, 0.4) is 0 Å². The van der Waals surface area contributed by atoms with E-state index in [-0.39, 0.29) is 11.8 Å². The Kier molecular flexibility index (Phi) is 3.23. The molecule has 62 valence electrons. The number of hydrogen-bond acceptors (Lipinski definition) is 3. The molecule has 0 amide bonds. The highest BCUT2D eigenvalue weighted by atomic mass is 16.5. The normalized spacial score (nSPS) is 30.2. The van der Waals surface area contributed by atoms with Gasteiger partial charge in [0.15, 0.2) is 0 Å². The lowest BCUT2D eigenvalue weighted by atomic mass is 9.91. The van der Waals surface area contributed by atoms with Crippen LogP contribution in [0.4, 0.5) is 0 Å². The molecule has 1 heterocycles. The van der Waals surface area contributed by atoms with Gasteiger partial charge in [-0.05, 0) is 11.8 Å². The summed E-state index contributed by atoms with van der Waals surface area (Å²) in [5, 5.41) is 0. The van der Waals surface area contributed by atoms with Gasteiger partial charge in [-0.2, -0.15) is 0 Å². The average Bonchev–Trinajstić information content (AvgIpc) is 2.39. The summed E-state index contributed by atoms with van der Waals surface area (Å²) >= 11 is 0. The smallest absolute Gasteiger partial charge is 0.120 e. The Morgan fingerprint density at radius 3 is 1.91 bits per heavy atom. The number of carbonyl (C=O) groups is 2. The van der Waals surface area contributed by atoms with E-state index in [1.165, 1.54) is 0 Å². The summed E-state index contributed by atoms with van der Waals surface area (Å²) in [7, 11) is 0. The van der Waals surface area contributed by atoms with Gasteiger partial charge in [0, 0.05) is 12.8 Å². The molecule has 0 aromatic heterocycles. The average molecular weight is 156 g/mol. The first-order valence-corrected chi connectivity index (χ1v) is 3.83. The van der Waals surface area contributed by atoms with Gasteiger partial charge in [0.25, 0.3) is 0 Å². The molecule has 1 saturated heterocycles. The third-order valence-corrected chi connectivity index (χ3v) is 2.13. The van der Waals surface area contributed by atoms with Gasteiger partial charge in [-0.3, -0.25) is 0 Å². The fraction of sp³-hybridized carbons (Fsp3) is 0.750. The highest BCUT2D eigenvalue weighted by Crippen LogP contribution is 2.24. The second-order valence-electron chi connectivity index (χ2n) is 2.86. The maximum absolute atomic E-state index is 10.2. The van der Waals surface area contributed by atoms with Crippen molar-refractivity contribution in [3.8, 4) is 0 Å². The van der Waals surface area contributed by atoms with Crippen LogP contribution in [0.25, 0.3) is 0 Å². The van der Waals surface area contributed by atoms with Crippen LogP contribution < -0.4 is 0 Å². The van der Waals surface area contributed by atoms with E-state index in [4.69, 9.17) is 4.74 Å². The van der Waals surface area contributed by atoms with Gasteiger partial charge >= 0.3 is 0 Å². The van der Waals surface area contributed by atoms with Crippen LogP contribution in [-0.2, 0) is 14.3 Å². The van der Waals surface area contributed by atoms with E-state index in [2.05, 4.69) is 0 Å². The molecule has 0 aromatic rings. The molecule has 0 bridgehead atoms. The monoisotopic (exact) mass is 156 g/mol. The van der Waals surface area contributed by atoms with Crippen molar-refractivity contribution in [2.45, 2.75) is 12.8 Å². The summed E-state index contributed by atoms with van der Waals surface area (Å²) in [6.07, 6.45) is 2.85. The van der Waals surface area contributed by atoms with E-state index in [0.717, 1.165) is 12.6 Å². The largest absolute Gasteiger partial charge is 0.381 e. The quantitative estimate of drug-likeness (QED) is 0.554. The van der Waals surface area contributed by atoms with Crippen LogP contribution in [0.1, 0.15) is 12.8 Å². The van der Waals surface area contributed by atoms with Gasteiger partial charge in [0.1, 0.15) is 12.6 Å². The van der Waals surface area contributed by atoms with E-state index < -0.39 is 0 Å². The summed E-state index contributed by atoms with van der Waals surface area (Å²) in [6, 6.07) is 0. The minimum absolute atomic E-state index is 0.276. The fourth-order valence-corrected chi connectivity index (χ4v) is 1.41. The third-order valence-electron chi connectivity index (χ3n) is 2.13. The number of carbonyl (C=O) groups excluding carboxylic acids is 2. The molecule has 11 heavy (non-hydrogen) atoms. The molecule has 0 saturated carbocycles. The molecule has 1 rings (SSSR count). The summed E-state index contributed by atoms with van der Waals surface area (Å²) in [5.41, 5.74) is 0. The Labute approximate surface area is 65.7 Å². The minimum atomic E-state index is 0.276. The zero-order valence-corrected chi connectivity index (χ0v) is 6.36. The maximum Gasteiger partial charge on any atom is 0.120 e. The van der Waals surface area contributed by atoms with Crippen LogP contribution in [-0.4, -0.2) is 25.8 Å². The van der Waals surface area contributed by atoms with Crippen LogP contribution >= 0.6 is 0 Å². The van der Waals surface area contributed by atoms with Crippen molar-refractivity contribution in [1.29, 1.82) is 0 Å². The fourth-order valence-electron chi connectivity index (χ4n) is 1.41. The van der Waals surface area contributed by atoms with Gasteiger partial charge in [-0.15, -0.1) is 0 Å². The SMILES string of the molecule is O=CCC1COCC1CC=O. The third kappa shape index (κ3) is 2.12. The van der Waals surface area contributed by atoms with Crippen LogP contribution in [0.15, 0.2) is 0 Å². The predicted molar refractivity (Wildman–Crippen MR) is 39.2 cm³/mol. The molecule has 1 fully saturated rings. The number of hydrogen-bond donors (Lipinski definition) is 0. The molecule has 1 aliphatic heterocycles. The van der Waals surface area contributed by atoms with Gasteiger partial charge in [0.2, 0.25) is 0 Å². The molecule has 0 radical (unpaired) electrons. The van der Waals surface area contributed by atoms with E-state index in [1.54, 1.807) is 0 Å². The molecule has 3 nitrogen and oxygen atoms in total. The van der Waals surface area contributed by atoms with Gasteiger partial charge < -0.3 is 14.3 Å². The Morgan fingerprint density at radius 1 is 1.09 bits per heavy atom. The summed E-state index contributed by atoms with van der Waals surface area (Å²) < 4.78 is 5.16. The Bertz CT molecular complexity index is 128. The van der Waals surface area contributed by atoms with Crippen molar-refractivity contribution < 1.29 is 14.3 Å². The maximum atomic E-state index is 10.2. The minimum Gasteiger partial charge on any atom is -0.381 e. The Morgan fingerprint density at radius 2 is 1.55 bits per heavy atom. The first kappa shape index (κ1) is 8.40. The second-order valence-corrected chi connectivity index (χ2v) is 2.86. The van der Waals surface area contributed by atoms with E-state index in [9.17, 15) is 9.59 Å². The topological polar surface area (TPSA) is 43.4 Å². The number of aldehydes is 2. The van der Waals surface area contributed by atoms with E-state index in [1.807, 2.05) is 0 Å². The van der Waals surface area contributed by atoms with Crippen molar-refractivity contribution in [3.63, 3.8) is 0 Å². The predicted octanol–water partition coefficient (Wildman–Crippen LogP) is 0.427. The molecule has 3 heteroatoms. The zero-order valence-electron chi connectivity index (χ0n) is 6.36.